The molecule has 1 aliphatic rings. The molecule has 14 heavy (non-hydrogen) atoms. The minimum atomic E-state index is -0.251. The summed E-state index contributed by atoms with van der Waals surface area (Å²) in [6.07, 6.45) is 4.87. The zero-order chi connectivity index (χ0) is 10.8. The summed E-state index contributed by atoms with van der Waals surface area (Å²) in [5.41, 5.74) is 1.01. The fourth-order valence-corrected chi connectivity index (χ4v) is 1.64. The van der Waals surface area contributed by atoms with Crippen molar-refractivity contribution in [2.24, 2.45) is 5.92 Å². The van der Waals surface area contributed by atoms with E-state index in [1.807, 2.05) is 13.8 Å². The van der Waals surface area contributed by atoms with Crippen LogP contribution in [-0.2, 0) is 9.53 Å². The predicted octanol–water partition coefficient (Wildman–Crippen LogP) is 3.07. The van der Waals surface area contributed by atoms with Crippen molar-refractivity contribution in [1.29, 1.82) is 0 Å². The predicted molar refractivity (Wildman–Crippen MR) is 56.9 cm³/mol. The zero-order valence-corrected chi connectivity index (χ0v) is 9.59. The highest BCUT2D eigenvalue weighted by Gasteiger charge is 2.33. The molecule has 1 rings (SSSR count). The van der Waals surface area contributed by atoms with Gasteiger partial charge in [-0.1, -0.05) is 11.6 Å². The summed E-state index contributed by atoms with van der Waals surface area (Å²) in [6, 6.07) is 0. The van der Waals surface area contributed by atoms with Crippen molar-refractivity contribution in [3.05, 3.63) is 11.6 Å². The largest absolute Gasteiger partial charge is 0.459 e. The molecule has 2 heteroatoms. The molecule has 0 aliphatic carbocycles. The van der Waals surface area contributed by atoms with Gasteiger partial charge in [-0.05, 0) is 47.0 Å². The molecular formula is C12H20O2. The van der Waals surface area contributed by atoms with E-state index in [0.717, 1.165) is 19.3 Å². The first kappa shape index (κ1) is 11.3. The second-order valence-corrected chi connectivity index (χ2v) is 4.93. The van der Waals surface area contributed by atoms with E-state index in [0.29, 0.717) is 0 Å². The summed E-state index contributed by atoms with van der Waals surface area (Å²) >= 11 is 0. The van der Waals surface area contributed by atoms with Gasteiger partial charge < -0.3 is 4.74 Å². The van der Waals surface area contributed by atoms with Crippen LogP contribution in [-0.4, -0.2) is 11.6 Å². The van der Waals surface area contributed by atoms with E-state index in [1.165, 1.54) is 5.57 Å². The van der Waals surface area contributed by atoms with Crippen LogP contribution in [0.15, 0.2) is 11.6 Å². The van der Waals surface area contributed by atoms with Crippen molar-refractivity contribution < 1.29 is 9.53 Å². The summed E-state index contributed by atoms with van der Waals surface area (Å²) in [5.74, 6) is 0.0525. The normalized spacial score (nSPS) is 25.4. The minimum absolute atomic E-state index is 0.0289. The van der Waals surface area contributed by atoms with Crippen molar-refractivity contribution >= 4 is 5.97 Å². The lowest BCUT2D eigenvalue weighted by Gasteiger charge is -2.33. The molecular weight excluding hydrogens is 176 g/mol. The first-order valence-corrected chi connectivity index (χ1v) is 5.27. The minimum Gasteiger partial charge on any atom is -0.459 e. The van der Waals surface area contributed by atoms with Crippen molar-refractivity contribution in [1.82, 2.24) is 0 Å². The van der Waals surface area contributed by atoms with E-state index < -0.39 is 0 Å². The molecule has 0 aromatic carbocycles. The molecule has 80 valence electrons. The number of rotatable bonds is 2. The molecule has 0 spiro atoms. The van der Waals surface area contributed by atoms with Crippen LogP contribution >= 0.6 is 0 Å². The van der Waals surface area contributed by atoms with Crippen LogP contribution < -0.4 is 0 Å². The molecule has 1 atom stereocenters. The van der Waals surface area contributed by atoms with Crippen LogP contribution in [0.2, 0.25) is 0 Å². The molecule has 1 fully saturated rings. The Morgan fingerprint density at radius 1 is 1.57 bits per heavy atom. The molecule has 0 bridgehead atoms. The Balaban J connectivity index is 2.51. The molecule has 1 unspecified atom stereocenters. The summed E-state index contributed by atoms with van der Waals surface area (Å²) in [4.78, 5) is 11.6. The molecule has 0 aromatic rings. The molecule has 2 nitrogen and oxygen atoms in total. The number of carbonyl (C=O) groups is 1. The third kappa shape index (κ3) is 3.17. The third-order valence-electron chi connectivity index (χ3n) is 2.62. The van der Waals surface area contributed by atoms with Gasteiger partial charge in [-0.2, -0.15) is 0 Å². The topological polar surface area (TPSA) is 26.3 Å². The van der Waals surface area contributed by atoms with E-state index in [2.05, 4.69) is 19.9 Å². The van der Waals surface area contributed by atoms with Gasteiger partial charge in [-0.25, -0.2) is 0 Å². The highest BCUT2D eigenvalue weighted by atomic mass is 16.6. The van der Waals surface area contributed by atoms with Gasteiger partial charge in [0.05, 0.1) is 5.92 Å². The fraction of sp³-hybridized carbons (Fsp3) is 0.750. The van der Waals surface area contributed by atoms with E-state index in [9.17, 15) is 4.79 Å². The highest BCUT2D eigenvalue weighted by Crippen LogP contribution is 2.30. The van der Waals surface area contributed by atoms with Gasteiger partial charge in [-0.15, -0.1) is 0 Å². The van der Waals surface area contributed by atoms with E-state index in [1.54, 1.807) is 0 Å². The van der Waals surface area contributed by atoms with Gasteiger partial charge in [-0.3, -0.25) is 4.79 Å². The molecule has 0 aromatic heterocycles. The van der Waals surface area contributed by atoms with E-state index in [4.69, 9.17) is 4.74 Å². The van der Waals surface area contributed by atoms with Gasteiger partial charge in [0.25, 0.3) is 0 Å². The zero-order valence-electron chi connectivity index (χ0n) is 9.59. The Bertz CT molecular complexity index is 247. The van der Waals surface area contributed by atoms with Crippen molar-refractivity contribution in [3.63, 3.8) is 0 Å². The molecule has 1 heterocycles. The van der Waals surface area contributed by atoms with Gasteiger partial charge in [0, 0.05) is 0 Å². The number of esters is 1. The van der Waals surface area contributed by atoms with Crippen LogP contribution in [0.3, 0.4) is 0 Å². The lowest BCUT2D eigenvalue weighted by molar-refractivity contribution is -0.169. The standard InChI is InChI=1S/C12H20O2/c1-9(2)5-6-10-7-8-12(3,4)14-11(10)13/h5,10H,6-8H2,1-4H3. The van der Waals surface area contributed by atoms with Gasteiger partial charge in [0.15, 0.2) is 0 Å². The summed E-state index contributed by atoms with van der Waals surface area (Å²) < 4.78 is 5.35. The molecule has 0 N–H and O–H groups in total. The monoisotopic (exact) mass is 196 g/mol. The first-order chi connectivity index (χ1) is 6.41. The van der Waals surface area contributed by atoms with Gasteiger partial charge >= 0.3 is 5.97 Å². The average Bonchev–Trinajstić information content (AvgIpc) is 2.00. The summed E-state index contributed by atoms with van der Waals surface area (Å²) in [5, 5.41) is 0. The smallest absolute Gasteiger partial charge is 0.309 e. The lowest BCUT2D eigenvalue weighted by Crippen LogP contribution is -2.37. The summed E-state index contributed by atoms with van der Waals surface area (Å²) in [6.45, 7) is 8.06. The Hall–Kier alpha value is -0.790. The molecule has 1 aliphatic heterocycles. The van der Waals surface area contributed by atoms with Crippen LogP contribution in [0.4, 0.5) is 0 Å². The van der Waals surface area contributed by atoms with Crippen LogP contribution in [0, 0.1) is 5.92 Å². The second-order valence-electron chi connectivity index (χ2n) is 4.93. The Morgan fingerprint density at radius 2 is 2.21 bits per heavy atom. The van der Waals surface area contributed by atoms with Crippen molar-refractivity contribution in [2.45, 2.75) is 52.6 Å². The molecule has 0 radical (unpaired) electrons. The maximum Gasteiger partial charge on any atom is 0.309 e. The van der Waals surface area contributed by atoms with Crippen LogP contribution in [0.5, 0.6) is 0 Å². The molecule has 0 amide bonds. The van der Waals surface area contributed by atoms with Gasteiger partial charge in [0.2, 0.25) is 0 Å². The lowest BCUT2D eigenvalue weighted by atomic mass is 9.89. The summed E-state index contributed by atoms with van der Waals surface area (Å²) in [7, 11) is 0. The van der Waals surface area contributed by atoms with E-state index >= 15 is 0 Å². The second kappa shape index (κ2) is 4.16. The number of carbonyl (C=O) groups excluding carboxylic acids is 1. The quantitative estimate of drug-likeness (QED) is 0.501. The number of ether oxygens (including phenoxy) is 1. The molecule has 1 saturated heterocycles. The fourth-order valence-electron chi connectivity index (χ4n) is 1.64. The highest BCUT2D eigenvalue weighted by molar-refractivity contribution is 5.73. The van der Waals surface area contributed by atoms with Crippen molar-refractivity contribution in [2.75, 3.05) is 0 Å². The number of allylic oxidation sites excluding steroid dienone is 2. The van der Waals surface area contributed by atoms with Gasteiger partial charge in [0.1, 0.15) is 5.60 Å². The Morgan fingerprint density at radius 3 is 2.71 bits per heavy atom. The average molecular weight is 196 g/mol. The number of cyclic esters (lactones) is 1. The van der Waals surface area contributed by atoms with E-state index in [-0.39, 0.29) is 17.5 Å². The number of hydrogen-bond donors (Lipinski definition) is 0. The Kier molecular flexibility index (Phi) is 3.35. The van der Waals surface area contributed by atoms with Crippen molar-refractivity contribution in [3.8, 4) is 0 Å². The first-order valence-electron chi connectivity index (χ1n) is 5.27. The van der Waals surface area contributed by atoms with Crippen LogP contribution in [0.25, 0.3) is 0 Å². The Labute approximate surface area is 86.3 Å². The third-order valence-corrected chi connectivity index (χ3v) is 2.62. The van der Waals surface area contributed by atoms with Crippen LogP contribution in [0.1, 0.15) is 47.0 Å². The SMILES string of the molecule is CC(C)=CCC1CCC(C)(C)OC1=O. The number of hydrogen-bond acceptors (Lipinski definition) is 2. The molecule has 0 saturated carbocycles. The maximum atomic E-state index is 11.6. The maximum absolute atomic E-state index is 11.6.